The van der Waals surface area contributed by atoms with Crippen LogP contribution in [-0.4, -0.2) is 47.4 Å². The number of esters is 1. The lowest BCUT2D eigenvalue weighted by Gasteiger charge is -2.22. The number of amides is 1. The molecule has 6 nitrogen and oxygen atoms in total. The number of aliphatic hydroxyl groups excluding tert-OH is 2. The molecule has 0 aliphatic carbocycles. The summed E-state index contributed by atoms with van der Waals surface area (Å²) in [6.07, 6.45) is 55.0. The van der Waals surface area contributed by atoms with Crippen LogP contribution in [0.5, 0.6) is 0 Å². The van der Waals surface area contributed by atoms with Gasteiger partial charge in [-0.15, -0.1) is 0 Å². The second-order valence-corrected chi connectivity index (χ2v) is 18.6. The van der Waals surface area contributed by atoms with Crippen LogP contribution in [0.3, 0.4) is 0 Å². The first-order chi connectivity index (χ1) is 29.0. The summed E-state index contributed by atoms with van der Waals surface area (Å²) in [7, 11) is 0. The molecule has 59 heavy (non-hydrogen) atoms. The molecule has 2 unspecified atom stereocenters. The Balaban J connectivity index is 3.47. The summed E-state index contributed by atoms with van der Waals surface area (Å²) < 4.78 is 5.45. The topological polar surface area (TPSA) is 95.9 Å². The average Bonchev–Trinajstić information content (AvgIpc) is 3.24. The Kier molecular flexibility index (Phi) is 48.6. The van der Waals surface area contributed by atoms with Crippen LogP contribution in [0.15, 0.2) is 0 Å². The summed E-state index contributed by atoms with van der Waals surface area (Å²) in [6, 6.07) is -0.560. The molecule has 0 aliphatic rings. The maximum Gasteiger partial charge on any atom is 0.305 e. The van der Waals surface area contributed by atoms with E-state index in [4.69, 9.17) is 4.74 Å². The van der Waals surface area contributed by atoms with Gasteiger partial charge < -0.3 is 20.3 Å². The second-order valence-electron chi connectivity index (χ2n) is 18.6. The molecule has 6 heteroatoms. The third-order valence-corrected chi connectivity index (χ3v) is 12.7. The minimum Gasteiger partial charge on any atom is -0.466 e. The number of nitrogens with one attached hydrogen (secondary N) is 1. The Labute approximate surface area is 368 Å². The molecular weight excluding hydrogens is 731 g/mol. The highest BCUT2D eigenvalue weighted by molar-refractivity contribution is 5.76. The largest absolute Gasteiger partial charge is 0.466 e. The molecule has 352 valence electrons. The zero-order chi connectivity index (χ0) is 43.0. The number of hydrogen-bond acceptors (Lipinski definition) is 5. The highest BCUT2D eigenvalue weighted by atomic mass is 16.5. The van der Waals surface area contributed by atoms with Crippen LogP contribution in [-0.2, 0) is 14.3 Å². The van der Waals surface area contributed by atoms with Crippen molar-refractivity contribution >= 4 is 11.9 Å². The van der Waals surface area contributed by atoms with Crippen molar-refractivity contribution in [2.24, 2.45) is 0 Å². The summed E-state index contributed by atoms with van der Waals surface area (Å²) in [4.78, 5) is 24.5. The summed E-state index contributed by atoms with van der Waals surface area (Å²) in [5, 5.41) is 23.3. The van der Waals surface area contributed by atoms with Gasteiger partial charge in [0.05, 0.1) is 25.4 Å². The first kappa shape index (κ1) is 57.9. The number of aliphatic hydroxyl groups is 2. The highest BCUT2D eigenvalue weighted by Gasteiger charge is 2.20. The molecule has 0 aliphatic heterocycles. The van der Waals surface area contributed by atoms with E-state index < -0.39 is 12.1 Å². The van der Waals surface area contributed by atoms with Crippen LogP contribution in [0, 0.1) is 0 Å². The summed E-state index contributed by atoms with van der Waals surface area (Å²) in [6.45, 7) is 4.91. The number of carbonyl (C=O) groups is 2. The van der Waals surface area contributed by atoms with Gasteiger partial charge in [0, 0.05) is 12.8 Å². The van der Waals surface area contributed by atoms with E-state index in [-0.39, 0.29) is 18.5 Å². The molecule has 0 aromatic heterocycles. The molecule has 1 amide bonds. The van der Waals surface area contributed by atoms with Gasteiger partial charge in [-0.05, 0) is 25.7 Å². The fourth-order valence-electron chi connectivity index (χ4n) is 8.52. The molecule has 3 N–H and O–H groups in total. The van der Waals surface area contributed by atoms with E-state index in [0.29, 0.717) is 25.9 Å². The Hall–Kier alpha value is -1.14. The standard InChI is InChI=1S/C53H105NO5/c1-3-5-7-9-11-13-15-17-18-19-20-21-22-23-25-26-29-33-37-41-45-51(56)50(49-55)54-52(57)46-42-38-34-30-28-32-36-40-44-48-59-53(58)47-43-39-35-31-27-24-16-14-12-10-8-6-4-2/h50-51,55-56H,3-49H2,1-2H3,(H,54,57). The first-order valence-electron chi connectivity index (χ1n) is 26.8. The van der Waals surface area contributed by atoms with Crippen LogP contribution in [0.2, 0.25) is 0 Å². The molecule has 0 fully saturated rings. The molecule has 0 spiro atoms. The van der Waals surface area contributed by atoms with E-state index in [1.807, 2.05) is 0 Å². The molecule has 0 aromatic rings. The zero-order valence-electron chi connectivity index (χ0n) is 40.0. The quantitative estimate of drug-likeness (QED) is 0.0419. The number of hydrogen-bond donors (Lipinski definition) is 3. The molecular formula is C53H105NO5. The van der Waals surface area contributed by atoms with Gasteiger partial charge in [0.15, 0.2) is 0 Å². The normalized spacial score (nSPS) is 12.5. The molecule has 2 atom stereocenters. The summed E-state index contributed by atoms with van der Waals surface area (Å²) in [5.41, 5.74) is 0. The lowest BCUT2D eigenvalue weighted by Crippen LogP contribution is -2.45. The van der Waals surface area contributed by atoms with Crippen molar-refractivity contribution in [3.05, 3.63) is 0 Å². The van der Waals surface area contributed by atoms with E-state index in [9.17, 15) is 19.8 Å². The molecule has 0 saturated heterocycles. The van der Waals surface area contributed by atoms with Crippen LogP contribution < -0.4 is 5.32 Å². The Morgan fingerprint density at radius 3 is 1.03 bits per heavy atom. The average molecular weight is 836 g/mol. The van der Waals surface area contributed by atoms with E-state index >= 15 is 0 Å². The number of rotatable bonds is 50. The van der Waals surface area contributed by atoms with Crippen LogP contribution in [0.1, 0.15) is 303 Å². The summed E-state index contributed by atoms with van der Waals surface area (Å²) in [5.74, 6) is -0.0809. The lowest BCUT2D eigenvalue weighted by atomic mass is 10.0. The third-order valence-electron chi connectivity index (χ3n) is 12.7. The van der Waals surface area contributed by atoms with Crippen LogP contribution in [0.4, 0.5) is 0 Å². The van der Waals surface area contributed by atoms with Crippen molar-refractivity contribution in [3.63, 3.8) is 0 Å². The number of carbonyl (C=O) groups excluding carboxylic acids is 2. The maximum absolute atomic E-state index is 12.5. The maximum atomic E-state index is 12.5. The van der Waals surface area contributed by atoms with Gasteiger partial charge in [-0.3, -0.25) is 9.59 Å². The SMILES string of the molecule is CCCCCCCCCCCCCCCCCCCCCCC(O)C(CO)NC(=O)CCCCCCCCCCCOC(=O)CCCCCCCCCCCCCCC. The summed E-state index contributed by atoms with van der Waals surface area (Å²) >= 11 is 0. The third kappa shape index (κ3) is 46.2. The molecule has 0 bridgehead atoms. The number of unbranched alkanes of at least 4 members (excludes halogenated alkanes) is 39. The van der Waals surface area contributed by atoms with Crippen LogP contribution in [0.25, 0.3) is 0 Å². The Bertz CT molecular complexity index is 837. The highest BCUT2D eigenvalue weighted by Crippen LogP contribution is 2.17. The van der Waals surface area contributed by atoms with Gasteiger partial charge in [-0.2, -0.15) is 0 Å². The minimum absolute atomic E-state index is 0.0222. The van der Waals surface area contributed by atoms with Crippen molar-refractivity contribution in [3.8, 4) is 0 Å². The van der Waals surface area contributed by atoms with Gasteiger partial charge in [0.2, 0.25) is 5.91 Å². The van der Waals surface area contributed by atoms with E-state index in [2.05, 4.69) is 19.2 Å². The molecule has 0 saturated carbocycles. The smallest absolute Gasteiger partial charge is 0.305 e. The Morgan fingerprint density at radius 1 is 0.407 bits per heavy atom. The Morgan fingerprint density at radius 2 is 0.695 bits per heavy atom. The predicted molar refractivity (Wildman–Crippen MR) is 255 cm³/mol. The lowest BCUT2D eigenvalue weighted by molar-refractivity contribution is -0.143. The van der Waals surface area contributed by atoms with Gasteiger partial charge >= 0.3 is 5.97 Å². The van der Waals surface area contributed by atoms with Crippen LogP contribution >= 0.6 is 0 Å². The fraction of sp³-hybridized carbons (Fsp3) is 0.962. The molecule has 0 aromatic carbocycles. The van der Waals surface area contributed by atoms with Gasteiger partial charge in [-0.25, -0.2) is 0 Å². The fourth-order valence-corrected chi connectivity index (χ4v) is 8.52. The van der Waals surface area contributed by atoms with E-state index in [0.717, 1.165) is 57.8 Å². The second kappa shape index (κ2) is 49.5. The number of ether oxygens (including phenoxy) is 1. The van der Waals surface area contributed by atoms with Gasteiger partial charge in [0.25, 0.3) is 0 Å². The van der Waals surface area contributed by atoms with Gasteiger partial charge in [0.1, 0.15) is 0 Å². The van der Waals surface area contributed by atoms with Crippen molar-refractivity contribution in [1.29, 1.82) is 0 Å². The monoisotopic (exact) mass is 836 g/mol. The van der Waals surface area contributed by atoms with Crippen molar-refractivity contribution in [2.45, 2.75) is 315 Å². The van der Waals surface area contributed by atoms with Gasteiger partial charge in [-0.1, -0.05) is 264 Å². The van der Waals surface area contributed by atoms with Crippen molar-refractivity contribution in [2.75, 3.05) is 13.2 Å². The van der Waals surface area contributed by atoms with Crippen molar-refractivity contribution < 1.29 is 24.5 Å². The molecule has 0 rings (SSSR count). The first-order valence-corrected chi connectivity index (χ1v) is 26.8. The minimum atomic E-state index is -0.680. The zero-order valence-corrected chi connectivity index (χ0v) is 40.0. The molecule has 0 radical (unpaired) electrons. The van der Waals surface area contributed by atoms with E-state index in [1.165, 1.54) is 212 Å². The predicted octanol–water partition coefficient (Wildman–Crippen LogP) is 16.0. The van der Waals surface area contributed by atoms with E-state index in [1.54, 1.807) is 0 Å². The molecule has 0 heterocycles. The van der Waals surface area contributed by atoms with Crippen molar-refractivity contribution in [1.82, 2.24) is 5.32 Å².